The van der Waals surface area contributed by atoms with Crippen molar-refractivity contribution in [3.63, 3.8) is 0 Å². The van der Waals surface area contributed by atoms with Gasteiger partial charge in [-0.25, -0.2) is 9.59 Å². The van der Waals surface area contributed by atoms with Gasteiger partial charge in [-0.1, -0.05) is 38.1 Å². The molecule has 0 unspecified atom stereocenters. The minimum Gasteiger partial charge on any atom is -0.462 e. The van der Waals surface area contributed by atoms with Crippen LogP contribution in [0.1, 0.15) is 47.4 Å². The van der Waals surface area contributed by atoms with Crippen LogP contribution in [0.15, 0.2) is 48.5 Å². The van der Waals surface area contributed by atoms with Gasteiger partial charge in [-0.3, -0.25) is 0 Å². The van der Waals surface area contributed by atoms with Crippen LogP contribution in [0, 0.1) is 0 Å². The Bertz CT molecular complexity index is 689. The van der Waals surface area contributed by atoms with Crippen molar-refractivity contribution >= 4 is 11.9 Å². The third-order valence-corrected chi connectivity index (χ3v) is 3.43. The molecule has 0 N–H and O–H groups in total. The first-order valence-electron chi connectivity index (χ1n) is 8.20. The maximum atomic E-state index is 11.9. The highest BCUT2D eigenvalue weighted by Crippen LogP contribution is 2.21. The molecule has 0 atom stereocenters. The summed E-state index contributed by atoms with van der Waals surface area (Å²) in [7, 11) is 0. The van der Waals surface area contributed by atoms with Gasteiger partial charge in [-0.2, -0.15) is 0 Å². The van der Waals surface area contributed by atoms with Crippen LogP contribution < -0.4 is 0 Å². The summed E-state index contributed by atoms with van der Waals surface area (Å²) in [6, 6.07) is 14.4. The van der Waals surface area contributed by atoms with E-state index in [1.807, 2.05) is 38.1 Å². The summed E-state index contributed by atoms with van der Waals surface area (Å²) < 4.78 is 10.3. The Kier molecular flexibility index (Phi) is 6.55. The average Bonchev–Trinajstić information content (AvgIpc) is 2.64. The van der Waals surface area contributed by atoms with Gasteiger partial charge in [-0.15, -0.1) is 0 Å². The Morgan fingerprint density at radius 3 is 1.92 bits per heavy atom. The van der Waals surface area contributed by atoms with Crippen LogP contribution >= 0.6 is 0 Å². The molecule has 0 bridgehead atoms. The fourth-order valence-electron chi connectivity index (χ4n) is 2.18. The van der Waals surface area contributed by atoms with E-state index in [2.05, 4.69) is 0 Å². The largest absolute Gasteiger partial charge is 0.462 e. The number of esters is 2. The lowest BCUT2D eigenvalue weighted by molar-refractivity contribution is 0.0496. The van der Waals surface area contributed by atoms with E-state index in [1.165, 1.54) is 0 Å². The molecule has 0 aromatic heterocycles. The molecule has 2 aromatic carbocycles. The van der Waals surface area contributed by atoms with Gasteiger partial charge in [0.15, 0.2) is 0 Å². The third kappa shape index (κ3) is 4.69. The molecule has 0 radical (unpaired) electrons. The van der Waals surface area contributed by atoms with Crippen molar-refractivity contribution in [2.75, 3.05) is 13.2 Å². The van der Waals surface area contributed by atoms with Crippen molar-refractivity contribution in [2.45, 2.75) is 26.7 Å². The normalized spacial score (nSPS) is 10.2. The summed E-state index contributed by atoms with van der Waals surface area (Å²) >= 11 is 0. The Morgan fingerprint density at radius 2 is 1.33 bits per heavy atom. The highest BCUT2D eigenvalue weighted by Gasteiger charge is 2.10. The van der Waals surface area contributed by atoms with Crippen LogP contribution in [0.3, 0.4) is 0 Å². The first kappa shape index (κ1) is 17.7. The standard InChI is InChI=1S/C20H22O4/c1-3-12-23-19(21)16-10-8-15(9-11-16)17-6-5-7-18(14-17)20(22)24-13-4-2/h5-11,14H,3-4,12-13H2,1-2H3. The van der Waals surface area contributed by atoms with Crippen LogP contribution in [0.25, 0.3) is 11.1 Å². The molecular formula is C20H22O4. The minimum atomic E-state index is -0.321. The molecule has 0 fully saturated rings. The SMILES string of the molecule is CCCOC(=O)c1ccc(-c2cccc(C(=O)OCCC)c2)cc1. The molecule has 4 nitrogen and oxygen atoms in total. The maximum absolute atomic E-state index is 11.9. The van der Waals surface area contributed by atoms with E-state index < -0.39 is 0 Å². The van der Waals surface area contributed by atoms with Gasteiger partial charge >= 0.3 is 11.9 Å². The number of benzene rings is 2. The summed E-state index contributed by atoms with van der Waals surface area (Å²) in [4.78, 5) is 23.8. The summed E-state index contributed by atoms with van der Waals surface area (Å²) in [5.74, 6) is -0.640. The van der Waals surface area contributed by atoms with Crippen LogP contribution in [0.2, 0.25) is 0 Å². The molecule has 2 rings (SSSR count). The first-order chi connectivity index (χ1) is 11.7. The molecule has 24 heavy (non-hydrogen) atoms. The number of hydrogen-bond acceptors (Lipinski definition) is 4. The van der Waals surface area contributed by atoms with Gasteiger partial charge < -0.3 is 9.47 Å². The molecule has 0 aliphatic carbocycles. The molecule has 4 heteroatoms. The van der Waals surface area contributed by atoms with E-state index in [4.69, 9.17) is 9.47 Å². The Morgan fingerprint density at radius 1 is 0.750 bits per heavy atom. The molecule has 0 amide bonds. The first-order valence-corrected chi connectivity index (χ1v) is 8.20. The molecule has 2 aromatic rings. The van der Waals surface area contributed by atoms with Crippen LogP contribution in [0.4, 0.5) is 0 Å². The lowest BCUT2D eigenvalue weighted by Crippen LogP contribution is -2.06. The zero-order chi connectivity index (χ0) is 17.4. The highest BCUT2D eigenvalue weighted by atomic mass is 16.5. The van der Waals surface area contributed by atoms with Crippen LogP contribution in [0.5, 0.6) is 0 Å². The summed E-state index contributed by atoms with van der Waals surface area (Å²) in [6.45, 7) is 4.74. The molecule has 0 aliphatic heterocycles. The van der Waals surface area contributed by atoms with Crippen molar-refractivity contribution in [3.8, 4) is 11.1 Å². The lowest BCUT2D eigenvalue weighted by atomic mass is 10.0. The van der Waals surface area contributed by atoms with Gasteiger partial charge in [-0.05, 0) is 48.2 Å². The van der Waals surface area contributed by atoms with Gasteiger partial charge in [0.05, 0.1) is 24.3 Å². The van der Waals surface area contributed by atoms with Gasteiger partial charge in [0.1, 0.15) is 0 Å². The molecular weight excluding hydrogens is 304 g/mol. The number of carbonyl (C=O) groups is 2. The zero-order valence-electron chi connectivity index (χ0n) is 14.1. The van der Waals surface area contributed by atoms with E-state index >= 15 is 0 Å². The number of rotatable bonds is 7. The second kappa shape index (κ2) is 8.87. The van der Waals surface area contributed by atoms with E-state index in [1.54, 1.807) is 24.3 Å². The monoisotopic (exact) mass is 326 g/mol. The summed E-state index contributed by atoms with van der Waals surface area (Å²) in [5.41, 5.74) is 2.86. The maximum Gasteiger partial charge on any atom is 0.338 e. The van der Waals surface area contributed by atoms with Gasteiger partial charge in [0.25, 0.3) is 0 Å². The lowest BCUT2D eigenvalue weighted by Gasteiger charge is -2.07. The molecule has 0 saturated heterocycles. The van der Waals surface area contributed by atoms with Crippen molar-refractivity contribution in [1.29, 1.82) is 0 Å². The fraction of sp³-hybridized carbons (Fsp3) is 0.300. The summed E-state index contributed by atoms with van der Waals surface area (Å²) in [5, 5.41) is 0. The predicted octanol–water partition coefficient (Wildman–Crippen LogP) is 4.49. The quantitative estimate of drug-likeness (QED) is 0.704. The second-order valence-electron chi connectivity index (χ2n) is 5.43. The molecule has 126 valence electrons. The van der Waals surface area contributed by atoms with E-state index in [9.17, 15) is 9.59 Å². The number of carbonyl (C=O) groups excluding carboxylic acids is 2. The topological polar surface area (TPSA) is 52.6 Å². The van der Waals surface area contributed by atoms with Gasteiger partial charge in [0, 0.05) is 0 Å². The fourth-order valence-corrected chi connectivity index (χ4v) is 2.18. The van der Waals surface area contributed by atoms with Gasteiger partial charge in [0.2, 0.25) is 0 Å². The van der Waals surface area contributed by atoms with E-state index in [0.717, 1.165) is 24.0 Å². The van der Waals surface area contributed by atoms with Crippen molar-refractivity contribution in [2.24, 2.45) is 0 Å². The Hall–Kier alpha value is -2.62. The molecule has 0 aliphatic rings. The number of ether oxygens (including phenoxy) is 2. The van der Waals surface area contributed by atoms with Crippen molar-refractivity contribution < 1.29 is 19.1 Å². The average molecular weight is 326 g/mol. The van der Waals surface area contributed by atoms with E-state index in [0.29, 0.717) is 24.3 Å². The van der Waals surface area contributed by atoms with Crippen molar-refractivity contribution in [3.05, 3.63) is 59.7 Å². The zero-order valence-corrected chi connectivity index (χ0v) is 14.1. The summed E-state index contributed by atoms with van der Waals surface area (Å²) in [6.07, 6.45) is 1.59. The van der Waals surface area contributed by atoms with Crippen LogP contribution in [-0.2, 0) is 9.47 Å². The smallest absolute Gasteiger partial charge is 0.338 e. The van der Waals surface area contributed by atoms with E-state index in [-0.39, 0.29) is 11.9 Å². The molecule has 0 heterocycles. The molecule has 0 saturated carbocycles. The highest BCUT2D eigenvalue weighted by molar-refractivity contribution is 5.92. The minimum absolute atomic E-state index is 0.319. The van der Waals surface area contributed by atoms with Crippen molar-refractivity contribution in [1.82, 2.24) is 0 Å². The predicted molar refractivity (Wildman–Crippen MR) is 93.0 cm³/mol. The van der Waals surface area contributed by atoms with Crippen LogP contribution in [-0.4, -0.2) is 25.2 Å². The third-order valence-electron chi connectivity index (χ3n) is 3.43. The Balaban J connectivity index is 2.14. The number of hydrogen-bond donors (Lipinski definition) is 0. The Labute approximate surface area is 142 Å². The molecule has 0 spiro atoms. The second-order valence-corrected chi connectivity index (χ2v) is 5.43.